The van der Waals surface area contributed by atoms with Crippen LogP contribution in [0.25, 0.3) is 10.9 Å². The molecule has 5 heterocycles. The Labute approximate surface area is 198 Å². The highest BCUT2D eigenvalue weighted by Gasteiger charge is 2.46. The van der Waals surface area contributed by atoms with E-state index in [4.69, 9.17) is 4.98 Å². The molecule has 1 aliphatic carbocycles. The van der Waals surface area contributed by atoms with Crippen LogP contribution in [-0.4, -0.2) is 72.2 Å². The monoisotopic (exact) mass is 492 g/mol. The lowest BCUT2D eigenvalue weighted by molar-refractivity contribution is 0.146. The van der Waals surface area contributed by atoms with Crippen molar-refractivity contribution in [2.45, 2.75) is 50.2 Å². The highest BCUT2D eigenvalue weighted by molar-refractivity contribution is 7.90. The van der Waals surface area contributed by atoms with Crippen LogP contribution in [0, 0.1) is 11.3 Å². The fourth-order valence-corrected chi connectivity index (χ4v) is 7.56. The SMILES string of the molecule is O=S(=O)(C1CC1)N1CCC(Cc2ncc3cc(C(F)F)nc(N4CC5(CCNC5)C4)c3n2)CC1. The Kier molecular flexibility index (Phi) is 5.49. The molecule has 1 spiro atoms. The minimum absolute atomic E-state index is 0.169. The molecule has 2 aromatic heterocycles. The molecule has 2 aromatic rings. The molecule has 3 saturated heterocycles. The minimum Gasteiger partial charge on any atom is -0.353 e. The number of piperidine rings is 1. The van der Waals surface area contributed by atoms with Gasteiger partial charge >= 0.3 is 0 Å². The first-order valence-corrected chi connectivity index (χ1v) is 13.7. The Bertz CT molecular complexity index is 1180. The van der Waals surface area contributed by atoms with Crippen LogP contribution < -0.4 is 10.2 Å². The van der Waals surface area contributed by atoms with Gasteiger partial charge in [0, 0.05) is 56.1 Å². The summed E-state index contributed by atoms with van der Waals surface area (Å²) in [5.74, 6) is 1.50. The van der Waals surface area contributed by atoms with Crippen molar-refractivity contribution in [2.24, 2.45) is 11.3 Å². The highest BCUT2D eigenvalue weighted by atomic mass is 32.2. The first-order valence-electron chi connectivity index (χ1n) is 12.2. The van der Waals surface area contributed by atoms with E-state index in [1.165, 1.54) is 6.07 Å². The maximum Gasteiger partial charge on any atom is 0.280 e. The van der Waals surface area contributed by atoms with E-state index in [-0.39, 0.29) is 16.4 Å². The van der Waals surface area contributed by atoms with Gasteiger partial charge in [0.25, 0.3) is 6.43 Å². The number of fused-ring (bicyclic) bond motifs is 1. The maximum absolute atomic E-state index is 13.5. The van der Waals surface area contributed by atoms with Crippen LogP contribution in [0.4, 0.5) is 14.6 Å². The van der Waals surface area contributed by atoms with Crippen molar-refractivity contribution in [3.63, 3.8) is 0 Å². The third-order valence-electron chi connectivity index (χ3n) is 7.88. The third-order valence-corrected chi connectivity index (χ3v) is 10.3. The Morgan fingerprint density at radius 3 is 2.56 bits per heavy atom. The second kappa shape index (κ2) is 8.30. The van der Waals surface area contributed by atoms with Crippen LogP contribution in [0.1, 0.15) is 50.0 Å². The van der Waals surface area contributed by atoms with Gasteiger partial charge in [-0.05, 0) is 50.6 Å². The van der Waals surface area contributed by atoms with Crippen molar-refractivity contribution in [1.82, 2.24) is 24.6 Å². The summed E-state index contributed by atoms with van der Waals surface area (Å²) < 4.78 is 53.7. The lowest BCUT2D eigenvalue weighted by Crippen LogP contribution is -2.58. The zero-order chi connectivity index (χ0) is 23.5. The van der Waals surface area contributed by atoms with Crippen molar-refractivity contribution in [1.29, 1.82) is 0 Å². The molecule has 0 amide bonds. The Morgan fingerprint density at radius 2 is 1.91 bits per heavy atom. The van der Waals surface area contributed by atoms with E-state index >= 15 is 0 Å². The van der Waals surface area contributed by atoms with E-state index in [1.54, 1.807) is 10.5 Å². The number of anilines is 1. The fourth-order valence-electron chi connectivity index (χ4n) is 5.69. The average molecular weight is 493 g/mol. The fraction of sp³-hybridized carbons (Fsp3) is 0.696. The summed E-state index contributed by atoms with van der Waals surface area (Å²) in [6.45, 7) is 4.62. The number of nitrogens with one attached hydrogen (secondary N) is 1. The Hall–Kier alpha value is -1.98. The lowest BCUT2D eigenvalue weighted by atomic mass is 9.79. The number of nitrogens with zero attached hydrogens (tertiary/aromatic N) is 5. The zero-order valence-corrected chi connectivity index (χ0v) is 19.9. The molecule has 4 fully saturated rings. The summed E-state index contributed by atoms with van der Waals surface area (Å²) in [6.07, 6.45) is 3.85. The molecule has 0 bridgehead atoms. The van der Waals surface area contributed by atoms with E-state index < -0.39 is 16.4 Å². The average Bonchev–Trinajstić information content (AvgIpc) is 3.55. The topological polar surface area (TPSA) is 91.3 Å². The predicted octanol–water partition coefficient (Wildman–Crippen LogP) is 2.51. The van der Waals surface area contributed by atoms with E-state index in [0.717, 1.165) is 58.3 Å². The van der Waals surface area contributed by atoms with Gasteiger partial charge in [-0.25, -0.2) is 36.5 Å². The van der Waals surface area contributed by atoms with Crippen LogP contribution in [-0.2, 0) is 16.4 Å². The summed E-state index contributed by atoms with van der Waals surface area (Å²) >= 11 is 0. The van der Waals surface area contributed by atoms with Crippen molar-refractivity contribution >= 4 is 26.7 Å². The number of alkyl halides is 2. The molecular formula is C23H30F2N6O2S. The Balaban J connectivity index is 1.21. The van der Waals surface area contributed by atoms with E-state index in [0.29, 0.717) is 48.0 Å². The molecule has 0 aromatic carbocycles. The van der Waals surface area contributed by atoms with Crippen LogP contribution in [0.5, 0.6) is 0 Å². The van der Waals surface area contributed by atoms with Gasteiger partial charge in [-0.1, -0.05) is 0 Å². The maximum atomic E-state index is 13.5. The summed E-state index contributed by atoms with van der Waals surface area (Å²) in [6, 6.07) is 1.39. The van der Waals surface area contributed by atoms with Crippen molar-refractivity contribution in [2.75, 3.05) is 44.2 Å². The molecule has 184 valence electrons. The molecule has 1 saturated carbocycles. The molecule has 0 atom stereocenters. The summed E-state index contributed by atoms with van der Waals surface area (Å²) in [7, 11) is -3.12. The second-order valence-electron chi connectivity index (χ2n) is 10.5. The van der Waals surface area contributed by atoms with Crippen molar-refractivity contribution in [3.05, 3.63) is 23.8 Å². The van der Waals surface area contributed by atoms with Crippen LogP contribution in [0.3, 0.4) is 0 Å². The van der Waals surface area contributed by atoms with E-state index in [9.17, 15) is 17.2 Å². The van der Waals surface area contributed by atoms with E-state index in [1.807, 2.05) is 0 Å². The smallest absolute Gasteiger partial charge is 0.280 e. The second-order valence-corrected chi connectivity index (χ2v) is 12.7. The first kappa shape index (κ1) is 22.5. The number of sulfonamides is 1. The van der Waals surface area contributed by atoms with Gasteiger partial charge in [0.1, 0.15) is 17.0 Å². The highest BCUT2D eigenvalue weighted by Crippen LogP contribution is 2.41. The summed E-state index contributed by atoms with van der Waals surface area (Å²) in [5.41, 5.74) is 0.594. The molecule has 11 heteroatoms. The van der Waals surface area contributed by atoms with Gasteiger partial charge in [0.2, 0.25) is 10.0 Å². The molecule has 34 heavy (non-hydrogen) atoms. The molecule has 1 N–H and O–H groups in total. The van der Waals surface area contributed by atoms with Gasteiger partial charge < -0.3 is 10.2 Å². The van der Waals surface area contributed by atoms with Gasteiger partial charge in [-0.3, -0.25) is 0 Å². The molecule has 3 aliphatic heterocycles. The Morgan fingerprint density at radius 1 is 1.15 bits per heavy atom. The summed E-state index contributed by atoms with van der Waals surface area (Å²) in [4.78, 5) is 15.6. The zero-order valence-electron chi connectivity index (χ0n) is 19.1. The molecule has 8 nitrogen and oxygen atoms in total. The molecule has 4 aliphatic rings. The van der Waals surface area contributed by atoms with E-state index in [2.05, 4.69) is 20.2 Å². The van der Waals surface area contributed by atoms with Crippen molar-refractivity contribution < 1.29 is 17.2 Å². The standard InChI is InChI=1S/C23H30F2N6O2S/c24-21(25)18-10-16-11-27-19(9-15-3-7-31(8-4-15)34(32,33)17-1-2-17)29-20(16)22(28-18)30-13-23(14-30)5-6-26-12-23/h10-11,15,17,21,26H,1-9,12-14H2. The summed E-state index contributed by atoms with van der Waals surface area (Å²) in [5, 5.41) is 3.81. The molecule has 0 unspecified atom stereocenters. The molecule has 0 radical (unpaired) electrons. The number of hydrogen-bond acceptors (Lipinski definition) is 7. The van der Waals surface area contributed by atoms with Gasteiger partial charge in [0.15, 0.2) is 5.82 Å². The number of aromatic nitrogens is 3. The lowest BCUT2D eigenvalue weighted by Gasteiger charge is -2.48. The number of halogens is 2. The van der Waals surface area contributed by atoms with Crippen LogP contribution in [0.15, 0.2) is 12.3 Å². The van der Waals surface area contributed by atoms with Crippen molar-refractivity contribution in [3.8, 4) is 0 Å². The first-order chi connectivity index (χ1) is 16.3. The van der Waals surface area contributed by atoms with Gasteiger partial charge in [-0.15, -0.1) is 0 Å². The van der Waals surface area contributed by atoms with Crippen LogP contribution >= 0.6 is 0 Å². The third kappa shape index (κ3) is 4.05. The van der Waals surface area contributed by atoms with Gasteiger partial charge in [0.05, 0.1) is 5.25 Å². The normalized spacial score (nSPS) is 23.8. The van der Waals surface area contributed by atoms with Crippen LogP contribution in [0.2, 0.25) is 0 Å². The number of hydrogen-bond donors (Lipinski definition) is 1. The predicted molar refractivity (Wildman–Crippen MR) is 124 cm³/mol. The molecular weight excluding hydrogens is 462 g/mol. The number of rotatable bonds is 6. The van der Waals surface area contributed by atoms with Gasteiger partial charge in [-0.2, -0.15) is 0 Å². The number of pyridine rings is 1. The molecule has 6 rings (SSSR count). The quantitative estimate of drug-likeness (QED) is 0.663. The minimum atomic E-state index is -3.12. The largest absolute Gasteiger partial charge is 0.353 e.